The van der Waals surface area contributed by atoms with E-state index in [1.807, 2.05) is 6.92 Å². The molecule has 1 saturated heterocycles. The van der Waals surface area contributed by atoms with E-state index in [1.165, 1.54) is 24.3 Å². The number of benzene rings is 2. The molecule has 0 radical (unpaired) electrons. The summed E-state index contributed by atoms with van der Waals surface area (Å²) in [5, 5.41) is 2.40. The first-order chi connectivity index (χ1) is 19.2. The van der Waals surface area contributed by atoms with E-state index in [0.717, 1.165) is 11.3 Å². The topological polar surface area (TPSA) is 111 Å². The van der Waals surface area contributed by atoms with Crippen LogP contribution in [0.15, 0.2) is 47.9 Å². The lowest BCUT2D eigenvalue weighted by atomic mass is 10.1. The van der Waals surface area contributed by atoms with Crippen molar-refractivity contribution >= 4 is 69.8 Å². The molecule has 1 fully saturated rings. The van der Waals surface area contributed by atoms with Crippen LogP contribution in [0.3, 0.4) is 0 Å². The molecule has 0 saturated carbocycles. The minimum atomic E-state index is -0.637. The highest BCUT2D eigenvalue weighted by Crippen LogP contribution is 2.39. The summed E-state index contributed by atoms with van der Waals surface area (Å²) in [4.78, 5) is 51.5. The number of unbranched alkanes of at least 4 members (excludes halogenated alkanes) is 1. The molecule has 1 N–H and O–H groups in total. The van der Waals surface area contributed by atoms with Crippen LogP contribution in [-0.2, 0) is 14.3 Å². The van der Waals surface area contributed by atoms with Crippen LogP contribution in [0, 0.1) is 0 Å². The van der Waals surface area contributed by atoms with Crippen LogP contribution < -0.4 is 14.8 Å². The molecule has 1 aliphatic rings. The van der Waals surface area contributed by atoms with E-state index in [4.69, 9.17) is 37.4 Å². The maximum Gasteiger partial charge on any atom is 0.339 e. The van der Waals surface area contributed by atoms with Crippen molar-refractivity contribution in [3.8, 4) is 11.5 Å². The summed E-state index contributed by atoms with van der Waals surface area (Å²) in [5.74, 6) is -1.18. The van der Waals surface area contributed by atoms with Crippen molar-refractivity contribution in [1.82, 2.24) is 4.90 Å². The lowest BCUT2D eigenvalue weighted by Gasteiger charge is -2.14. The van der Waals surface area contributed by atoms with E-state index >= 15 is 0 Å². The van der Waals surface area contributed by atoms with Crippen molar-refractivity contribution in [3.05, 3.63) is 69.1 Å². The van der Waals surface area contributed by atoms with Crippen molar-refractivity contribution in [2.45, 2.75) is 26.7 Å². The Hall–Kier alpha value is -3.47. The molecule has 1 heterocycles. The van der Waals surface area contributed by atoms with E-state index in [-0.39, 0.29) is 39.4 Å². The van der Waals surface area contributed by atoms with Gasteiger partial charge in [-0.1, -0.05) is 49.2 Å². The number of nitrogens with one attached hydrogen (secondary N) is 1. The summed E-state index contributed by atoms with van der Waals surface area (Å²) < 4.78 is 16.4. The van der Waals surface area contributed by atoms with Crippen molar-refractivity contribution in [2.75, 3.05) is 31.7 Å². The molecule has 0 atom stereocenters. The normalized spacial score (nSPS) is 13.9. The summed E-state index contributed by atoms with van der Waals surface area (Å²) >= 11 is 13.2. The van der Waals surface area contributed by atoms with Crippen LogP contribution in [0.1, 0.15) is 42.6 Å². The number of hydrogen-bond acceptors (Lipinski definition) is 8. The van der Waals surface area contributed by atoms with Gasteiger partial charge in [0.2, 0.25) is 5.91 Å². The first-order valence-corrected chi connectivity index (χ1v) is 14.0. The molecule has 0 aliphatic carbocycles. The van der Waals surface area contributed by atoms with E-state index < -0.39 is 29.6 Å². The molecular weight excluding hydrogens is 579 g/mol. The second kappa shape index (κ2) is 14.8. The number of rotatable bonds is 13. The van der Waals surface area contributed by atoms with Gasteiger partial charge in [0.1, 0.15) is 13.2 Å². The minimum absolute atomic E-state index is 0.0932. The molecule has 212 valence electrons. The van der Waals surface area contributed by atoms with E-state index in [2.05, 4.69) is 11.9 Å². The van der Waals surface area contributed by atoms with Gasteiger partial charge in [0, 0.05) is 5.69 Å². The number of esters is 1. The summed E-state index contributed by atoms with van der Waals surface area (Å²) in [5.41, 5.74) is 0.862. The lowest BCUT2D eigenvalue weighted by molar-refractivity contribution is -0.127. The molecule has 0 aromatic heterocycles. The first kappa shape index (κ1) is 31.1. The van der Waals surface area contributed by atoms with Crippen LogP contribution in [0.4, 0.5) is 10.5 Å². The van der Waals surface area contributed by atoms with Gasteiger partial charge in [-0.25, -0.2) is 4.79 Å². The minimum Gasteiger partial charge on any atom is -0.490 e. The van der Waals surface area contributed by atoms with Gasteiger partial charge in [-0.3, -0.25) is 19.3 Å². The first-order valence-electron chi connectivity index (χ1n) is 12.4. The van der Waals surface area contributed by atoms with Gasteiger partial charge in [0.15, 0.2) is 11.5 Å². The van der Waals surface area contributed by atoms with E-state index in [9.17, 15) is 19.2 Å². The third kappa shape index (κ3) is 8.03. The maximum absolute atomic E-state index is 13.0. The van der Waals surface area contributed by atoms with E-state index in [1.54, 1.807) is 25.1 Å². The smallest absolute Gasteiger partial charge is 0.339 e. The highest BCUT2D eigenvalue weighted by atomic mass is 35.5. The molecule has 2 aromatic carbocycles. The number of hydrogen-bond donors (Lipinski definition) is 1. The average Bonchev–Trinajstić information content (AvgIpc) is 3.16. The molecule has 9 nitrogen and oxygen atoms in total. The lowest BCUT2D eigenvalue weighted by Crippen LogP contribution is -2.36. The largest absolute Gasteiger partial charge is 0.490 e. The number of thioether (sulfide) groups is 1. The van der Waals surface area contributed by atoms with Gasteiger partial charge in [-0.05, 0) is 67.1 Å². The molecule has 40 heavy (non-hydrogen) atoms. The predicted octanol–water partition coefficient (Wildman–Crippen LogP) is 6.59. The van der Waals surface area contributed by atoms with Crippen LogP contribution in [0.2, 0.25) is 10.0 Å². The quantitative estimate of drug-likeness (QED) is 0.118. The molecule has 0 bridgehead atoms. The zero-order valence-corrected chi connectivity index (χ0v) is 24.3. The predicted molar refractivity (Wildman–Crippen MR) is 156 cm³/mol. The number of ether oxygens (including phenoxy) is 3. The number of nitrogens with zero attached hydrogens (tertiary/aromatic N) is 1. The molecule has 3 amide bonds. The average molecular weight is 608 g/mol. The Balaban J connectivity index is 1.72. The summed E-state index contributed by atoms with van der Waals surface area (Å²) in [7, 11) is 0. The monoisotopic (exact) mass is 606 g/mol. The van der Waals surface area contributed by atoms with Gasteiger partial charge in [-0.15, -0.1) is 0 Å². The maximum atomic E-state index is 13.0. The highest BCUT2D eigenvalue weighted by Gasteiger charge is 2.36. The van der Waals surface area contributed by atoms with Crippen LogP contribution in [-0.4, -0.2) is 54.3 Å². The van der Waals surface area contributed by atoms with Crippen LogP contribution in [0.5, 0.6) is 11.5 Å². The van der Waals surface area contributed by atoms with Crippen molar-refractivity contribution in [1.29, 1.82) is 0 Å². The van der Waals surface area contributed by atoms with Gasteiger partial charge >= 0.3 is 5.97 Å². The number of carbonyl (C=O) groups is 4. The molecule has 1 aliphatic heterocycles. The van der Waals surface area contributed by atoms with Gasteiger partial charge in [-0.2, -0.15) is 0 Å². The Labute approximate surface area is 246 Å². The number of carbonyl (C=O) groups excluding carboxylic acids is 4. The van der Waals surface area contributed by atoms with Crippen molar-refractivity contribution in [3.63, 3.8) is 0 Å². The molecule has 0 unspecified atom stereocenters. The third-order valence-corrected chi connectivity index (χ3v) is 6.87. The van der Waals surface area contributed by atoms with Crippen molar-refractivity contribution in [2.24, 2.45) is 0 Å². The van der Waals surface area contributed by atoms with E-state index in [0.29, 0.717) is 41.9 Å². The second-order valence-electron chi connectivity index (χ2n) is 8.36. The Morgan fingerprint density at radius 1 is 1.10 bits per heavy atom. The second-order valence-corrected chi connectivity index (χ2v) is 10.2. The van der Waals surface area contributed by atoms with Gasteiger partial charge in [0.05, 0.1) is 33.7 Å². The molecule has 2 aromatic rings. The third-order valence-electron chi connectivity index (χ3n) is 5.35. The van der Waals surface area contributed by atoms with Gasteiger partial charge in [0.25, 0.3) is 11.1 Å². The Morgan fingerprint density at radius 3 is 2.58 bits per heavy atom. The van der Waals surface area contributed by atoms with Gasteiger partial charge < -0.3 is 19.5 Å². The standard InChI is InChI=1S/C28H28Cl2N2O7S/c1-4-7-11-39-27(35)19-15-18(8-9-20(19)29)31-24(33)16-32-26(34)23(40-28(32)36)14-17-12-21(30)25(38-10-5-2)22(13-17)37-6-3/h5,8-9,12-15H,2,4,6-7,10-11,16H2,1,3H3,(H,31,33)/b23-14+. The van der Waals surface area contributed by atoms with Crippen LogP contribution in [0.25, 0.3) is 6.08 Å². The zero-order valence-electron chi connectivity index (χ0n) is 22.0. The Kier molecular flexibility index (Phi) is 11.5. The number of amides is 3. The zero-order chi connectivity index (χ0) is 29.2. The highest BCUT2D eigenvalue weighted by molar-refractivity contribution is 8.18. The fourth-order valence-corrected chi connectivity index (χ4v) is 4.80. The molecular formula is C28H28Cl2N2O7S. The Morgan fingerprint density at radius 2 is 1.88 bits per heavy atom. The molecule has 0 spiro atoms. The van der Waals surface area contributed by atoms with Crippen molar-refractivity contribution < 1.29 is 33.4 Å². The van der Waals surface area contributed by atoms with Crippen LogP contribution >= 0.6 is 35.0 Å². The summed E-state index contributed by atoms with van der Waals surface area (Å²) in [6, 6.07) is 7.55. The fraction of sp³-hybridized carbons (Fsp3) is 0.286. The number of halogens is 2. The number of anilines is 1. The molecule has 3 rings (SSSR count). The summed E-state index contributed by atoms with van der Waals surface area (Å²) in [6.45, 7) is 7.68. The Bertz CT molecular complexity index is 1350. The molecule has 12 heteroatoms. The fourth-order valence-electron chi connectivity index (χ4n) is 3.49. The number of imide groups is 1. The SMILES string of the molecule is C=CCOc1c(Cl)cc(/C=C2/SC(=O)N(CC(=O)Nc3ccc(Cl)c(C(=O)OCCCC)c3)C2=O)cc1OCC. The summed E-state index contributed by atoms with van der Waals surface area (Å²) in [6.07, 6.45) is 4.63.